The van der Waals surface area contributed by atoms with Crippen LogP contribution in [0.1, 0.15) is 40.0 Å². The van der Waals surface area contributed by atoms with E-state index in [-0.39, 0.29) is 5.19 Å². The van der Waals surface area contributed by atoms with Gasteiger partial charge in [0.05, 0.1) is 8.07 Å². The Morgan fingerprint density at radius 2 is 1.43 bits per heavy atom. The van der Waals surface area contributed by atoms with Crippen molar-refractivity contribution in [2.75, 3.05) is 0 Å². The maximum Gasteiger partial charge on any atom is 0.707 e. The smallest absolute Gasteiger partial charge is 0.509 e. The zero-order valence-corrected chi connectivity index (χ0v) is 14.8. The Morgan fingerprint density at radius 1 is 0.957 bits per heavy atom. The molecule has 0 saturated carbocycles. The Labute approximate surface area is 136 Å². The lowest BCUT2D eigenvalue weighted by molar-refractivity contribution is 0.279. The van der Waals surface area contributed by atoms with Gasteiger partial charge in [-0.1, -0.05) is 58.2 Å². The van der Waals surface area contributed by atoms with Crippen LogP contribution < -0.4 is 9.84 Å². The zero-order chi connectivity index (χ0) is 17.6. The third kappa shape index (κ3) is 4.52. The second-order valence-electron chi connectivity index (χ2n) is 5.83. The van der Waals surface area contributed by atoms with Crippen molar-refractivity contribution in [2.45, 2.75) is 58.2 Å². The topological polar surface area (TPSA) is 49.7 Å². The van der Waals surface area contributed by atoms with E-state index in [1.807, 2.05) is 20.8 Å². The molecule has 0 unspecified atom stereocenters. The first-order valence-electron chi connectivity index (χ1n) is 8.03. The summed E-state index contributed by atoms with van der Waals surface area (Å²) in [5.74, 6) is -4.30. The van der Waals surface area contributed by atoms with Crippen LogP contribution in [0, 0.1) is 17.5 Å². The van der Waals surface area contributed by atoms with Gasteiger partial charge in [0, 0.05) is 11.3 Å². The molecule has 0 aliphatic rings. The molecule has 0 saturated heterocycles. The molecule has 0 aliphatic heterocycles. The molecule has 2 N–H and O–H groups in total. The summed E-state index contributed by atoms with van der Waals surface area (Å²) in [6.07, 6.45) is 2.33. The van der Waals surface area contributed by atoms with E-state index >= 15 is 0 Å². The van der Waals surface area contributed by atoms with Crippen LogP contribution >= 0.6 is 0 Å². The second kappa shape index (κ2) is 8.75. The van der Waals surface area contributed by atoms with E-state index in [2.05, 4.69) is 4.65 Å². The lowest BCUT2D eigenvalue weighted by atomic mass is 10.2. The van der Waals surface area contributed by atoms with Crippen molar-refractivity contribution in [3.05, 3.63) is 23.5 Å². The van der Waals surface area contributed by atoms with E-state index in [1.54, 1.807) is 0 Å². The van der Waals surface area contributed by atoms with Crippen LogP contribution in [0.3, 0.4) is 0 Å². The molecular weight excluding hydrogens is 324 g/mol. The summed E-state index contributed by atoms with van der Waals surface area (Å²) in [6, 6.07) is 2.77. The molecule has 8 heteroatoms. The molecule has 3 nitrogen and oxygen atoms in total. The minimum Gasteiger partial charge on any atom is -0.509 e. The van der Waals surface area contributed by atoms with Crippen LogP contribution in [0.2, 0.25) is 18.1 Å². The van der Waals surface area contributed by atoms with Gasteiger partial charge < -0.3 is 14.7 Å². The number of hydrogen-bond donors (Lipinski definition) is 2. The van der Waals surface area contributed by atoms with Gasteiger partial charge in [0.2, 0.25) is 0 Å². The van der Waals surface area contributed by atoms with Crippen molar-refractivity contribution in [3.8, 4) is 5.75 Å². The molecule has 0 aliphatic carbocycles. The van der Waals surface area contributed by atoms with Gasteiger partial charge in [-0.05, 0) is 0 Å². The fourth-order valence-corrected chi connectivity index (χ4v) is 8.97. The summed E-state index contributed by atoms with van der Waals surface area (Å²) in [5.41, 5.74) is 0. The zero-order valence-electron chi connectivity index (χ0n) is 13.8. The van der Waals surface area contributed by atoms with E-state index in [9.17, 15) is 13.2 Å². The highest BCUT2D eigenvalue weighted by molar-refractivity contribution is 6.92. The Kier molecular flexibility index (Phi) is 7.63. The Hall–Kier alpha value is -0.988. The van der Waals surface area contributed by atoms with E-state index in [4.69, 9.17) is 10.0 Å². The summed E-state index contributed by atoms with van der Waals surface area (Å²) in [7, 11) is -4.86. The van der Waals surface area contributed by atoms with Gasteiger partial charge in [-0.15, -0.1) is 0 Å². The molecule has 0 aromatic heterocycles. The molecule has 1 aromatic rings. The highest BCUT2D eigenvalue weighted by Crippen LogP contribution is 2.31. The molecule has 1 rings (SSSR count). The fourth-order valence-electron chi connectivity index (χ4n) is 3.44. The first-order chi connectivity index (χ1) is 10.8. The van der Waals surface area contributed by atoms with Crippen molar-refractivity contribution < 1.29 is 27.9 Å². The summed E-state index contributed by atoms with van der Waals surface area (Å²) < 4.78 is 47.7. The summed E-state index contributed by atoms with van der Waals surface area (Å²) in [5, 5.41) is 17.3. The van der Waals surface area contributed by atoms with Gasteiger partial charge >= 0.3 is 7.32 Å². The molecule has 0 heterocycles. The predicted molar refractivity (Wildman–Crippen MR) is 87.8 cm³/mol. The largest absolute Gasteiger partial charge is 0.707 e. The van der Waals surface area contributed by atoms with Crippen molar-refractivity contribution in [3.63, 3.8) is 0 Å². The molecule has 0 radical (unpaired) electrons. The van der Waals surface area contributed by atoms with Crippen LogP contribution in [0.4, 0.5) is 13.2 Å². The number of benzene rings is 1. The summed E-state index contributed by atoms with van der Waals surface area (Å²) in [4.78, 5) is 0. The van der Waals surface area contributed by atoms with E-state index < -0.39 is 38.6 Å². The van der Waals surface area contributed by atoms with Crippen LogP contribution in [0.25, 0.3) is 0 Å². The molecule has 0 atom stereocenters. The molecular formula is C15H24BF3O3Si. The van der Waals surface area contributed by atoms with Crippen LogP contribution in [-0.4, -0.2) is 25.4 Å². The molecule has 0 spiro atoms. The number of halogens is 3. The van der Waals surface area contributed by atoms with Crippen molar-refractivity contribution >= 4 is 20.6 Å². The van der Waals surface area contributed by atoms with Crippen molar-refractivity contribution in [2.24, 2.45) is 0 Å². The summed E-state index contributed by atoms with van der Waals surface area (Å²) >= 11 is 0. The van der Waals surface area contributed by atoms with Gasteiger partial charge in [0.1, 0.15) is 11.6 Å². The van der Waals surface area contributed by atoms with Gasteiger partial charge in [0.15, 0.2) is 11.6 Å². The van der Waals surface area contributed by atoms with Gasteiger partial charge in [-0.2, -0.15) is 4.39 Å². The molecule has 130 valence electrons. The minimum absolute atomic E-state index is 0.125. The van der Waals surface area contributed by atoms with Crippen molar-refractivity contribution in [1.82, 2.24) is 0 Å². The fraction of sp³-hybridized carbons (Fsp3) is 0.600. The molecule has 1 aromatic carbocycles. The average Bonchev–Trinajstić information content (AvgIpc) is 2.45. The standard InChI is InChI=1S/C15H24BF3O3Si/c1-4-7-23(8-5-2,9-6-3)15-11(17)10-12(22-16(20)21)13(18)14(15)19/h10,20-21H,4-9H2,1-3H3. The molecule has 0 bridgehead atoms. The molecule has 23 heavy (non-hydrogen) atoms. The lowest BCUT2D eigenvalue weighted by Gasteiger charge is -2.32. The summed E-state index contributed by atoms with van der Waals surface area (Å²) in [6.45, 7) is 5.87. The van der Waals surface area contributed by atoms with E-state index in [0.29, 0.717) is 18.1 Å². The normalized spacial score (nSPS) is 11.7. The van der Waals surface area contributed by atoms with Crippen LogP contribution in [-0.2, 0) is 0 Å². The monoisotopic (exact) mass is 348 g/mol. The third-order valence-electron chi connectivity index (χ3n) is 4.07. The minimum atomic E-state index is -2.53. The number of rotatable bonds is 9. The highest BCUT2D eigenvalue weighted by atomic mass is 28.3. The first kappa shape index (κ1) is 20.1. The van der Waals surface area contributed by atoms with Gasteiger partial charge in [-0.25, -0.2) is 8.78 Å². The maximum atomic E-state index is 14.6. The Morgan fingerprint density at radius 3 is 1.83 bits per heavy atom. The van der Waals surface area contributed by atoms with Crippen molar-refractivity contribution in [1.29, 1.82) is 0 Å². The van der Waals surface area contributed by atoms with E-state index in [0.717, 1.165) is 25.3 Å². The highest BCUT2D eigenvalue weighted by Gasteiger charge is 2.39. The third-order valence-corrected chi connectivity index (χ3v) is 9.96. The van der Waals surface area contributed by atoms with Gasteiger partial charge in [0.25, 0.3) is 0 Å². The first-order valence-corrected chi connectivity index (χ1v) is 10.7. The average molecular weight is 348 g/mol. The maximum absolute atomic E-state index is 14.6. The Bertz CT molecular complexity index is 512. The Balaban J connectivity index is 3.50. The molecule has 0 amide bonds. The quantitative estimate of drug-likeness (QED) is 0.532. The second-order valence-corrected chi connectivity index (χ2v) is 10.4. The number of hydrogen-bond acceptors (Lipinski definition) is 3. The SMILES string of the molecule is CCC[Si](CCC)(CCC)c1c(F)cc(OB(O)O)c(F)c1F. The van der Waals surface area contributed by atoms with E-state index in [1.165, 1.54) is 0 Å². The predicted octanol–water partition coefficient (Wildman–Crippen LogP) is 3.34. The van der Waals surface area contributed by atoms with Gasteiger partial charge in [-0.3, -0.25) is 0 Å². The molecule has 0 fully saturated rings. The lowest BCUT2D eigenvalue weighted by Crippen LogP contribution is -2.51. The van der Waals surface area contributed by atoms with Crippen LogP contribution in [0.5, 0.6) is 5.75 Å². The van der Waals surface area contributed by atoms with Crippen LogP contribution in [0.15, 0.2) is 6.07 Å².